The number of nitrogens with one attached hydrogen (secondary N) is 1. The van der Waals surface area contributed by atoms with Gasteiger partial charge in [0.2, 0.25) is 0 Å². The van der Waals surface area contributed by atoms with Crippen molar-refractivity contribution in [2.45, 2.75) is 32.6 Å². The molecule has 102 valence electrons. The SMILES string of the molecule is Cc1ncsc1CCNCCC1CCN(C)CC1. The van der Waals surface area contributed by atoms with Gasteiger partial charge in [0.1, 0.15) is 0 Å². The molecule has 1 aliphatic heterocycles. The highest BCUT2D eigenvalue weighted by molar-refractivity contribution is 7.09. The van der Waals surface area contributed by atoms with Crippen molar-refractivity contribution >= 4 is 11.3 Å². The first-order valence-corrected chi connectivity index (χ1v) is 7.92. The minimum atomic E-state index is 0.943. The number of rotatable bonds is 6. The molecule has 0 saturated carbocycles. The summed E-state index contributed by atoms with van der Waals surface area (Å²) >= 11 is 1.78. The van der Waals surface area contributed by atoms with Gasteiger partial charge in [-0.1, -0.05) is 0 Å². The molecule has 0 spiro atoms. The molecule has 0 bridgehead atoms. The normalized spacial score (nSPS) is 18.3. The lowest BCUT2D eigenvalue weighted by atomic mass is 9.94. The predicted molar refractivity (Wildman–Crippen MR) is 78.3 cm³/mol. The maximum Gasteiger partial charge on any atom is 0.0797 e. The van der Waals surface area contributed by atoms with Crippen LogP contribution in [0.5, 0.6) is 0 Å². The molecule has 0 aliphatic carbocycles. The number of hydrogen-bond acceptors (Lipinski definition) is 4. The first kappa shape index (κ1) is 14.0. The minimum Gasteiger partial charge on any atom is -0.316 e. The van der Waals surface area contributed by atoms with E-state index in [1.54, 1.807) is 11.3 Å². The standard InChI is InChI=1S/C14H25N3S/c1-12-14(18-11-16-12)4-8-15-7-3-13-5-9-17(2)10-6-13/h11,13,15H,3-10H2,1-2H3. The van der Waals surface area contributed by atoms with Crippen LogP contribution in [0.3, 0.4) is 0 Å². The zero-order chi connectivity index (χ0) is 12.8. The van der Waals surface area contributed by atoms with Crippen molar-refractivity contribution in [2.24, 2.45) is 5.92 Å². The molecule has 18 heavy (non-hydrogen) atoms. The Morgan fingerprint density at radius 2 is 2.17 bits per heavy atom. The summed E-state index contributed by atoms with van der Waals surface area (Å²) in [6, 6.07) is 0. The summed E-state index contributed by atoms with van der Waals surface area (Å²) in [6.07, 6.45) is 5.23. The lowest BCUT2D eigenvalue weighted by molar-refractivity contribution is 0.212. The topological polar surface area (TPSA) is 28.2 Å². The number of aromatic nitrogens is 1. The van der Waals surface area contributed by atoms with Gasteiger partial charge in [-0.2, -0.15) is 0 Å². The van der Waals surface area contributed by atoms with Gasteiger partial charge in [-0.05, 0) is 65.2 Å². The Morgan fingerprint density at radius 3 is 2.83 bits per heavy atom. The molecular weight excluding hydrogens is 242 g/mol. The second-order valence-corrected chi connectivity index (χ2v) is 6.34. The summed E-state index contributed by atoms with van der Waals surface area (Å²) in [4.78, 5) is 8.16. The van der Waals surface area contributed by atoms with E-state index in [2.05, 4.69) is 29.2 Å². The maximum absolute atomic E-state index is 4.28. The van der Waals surface area contributed by atoms with Gasteiger partial charge in [0.15, 0.2) is 0 Å². The van der Waals surface area contributed by atoms with Gasteiger partial charge < -0.3 is 10.2 Å². The second-order valence-electron chi connectivity index (χ2n) is 5.40. The van der Waals surface area contributed by atoms with Crippen LogP contribution in [0, 0.1) is 12.8 Å². The van der Waals surface area contributed by atoms with Crippen LogP contribution in [-0.4, -0.2) is 43.1 Å². The molecule has 0 aromatic carbocycles. The molecule has 0 atom stereocenters. The Kier molecular flexibility index (Phi) is 5.60. The fourth-order valence-corrected chi connectivity index (χ4v) is 3.33. The molecular formula is C14H25N3S. The van der Waals surface area contributed by atoms with E-state index in [1.807, 2.05) is 5.51 Å². The largest absolute Gasteiger partial charge is 0.316 e. The van der Waals surface area contributed by atoms with E-state index in [9.17, 15) is 0 Å². The number of nitrogens with zero attached hydrogens (tertiary/aromatic N) is 2. The Morgan fingerprint density at radius 1 is 1.39 bits per heavy atom. The molecule has 1 aromatic rings. The highest BCUT2D eigenvalue weighted by Gasteiger charge is 2.15. The van der Waals surface area contributed by atoms with E-state index in [0.29, 0.717) is 0 Å². The molecule has 0 amide bonds. The second kappa shape index (κ2) is 7.22. The average Bonchev–Trinajstić information content (AvgIpc) is 2.77. The highest BCUT2D eigenvalue weighted by Crippen LogP contribution is 2.18. The summed E-state index contributed by atoms with van der Waals surface area (Å²) < 4.78 is 0. The molecule has 1 fully saturated rings. The van der Waals surface area contributed by atoms with Crippen LogP contribution >= 0.6 is 11.3 Å². The average molecular weight is 267 g/mol. The fraction of sp³-hybridized carbons (Fsp3) is 0.786. The van der Waals surface area contributed by atoms with Gasteiger partial charge >= 0.3 is 0 Å². The molecule has 2 heterocycles. The lowest BCUT2D eigenvalue weighted by Gasteiger charge is -2.28. The Labute approximate surface area is 115 Å². The summed E-state index contributed by atoms with van der Waals surface area (Å²) in [5.41, 5.74) is 3.15. The zero-order valence-electron chi connectivity index (χ0n) is 11.6. The first-order valence-electron chi connectivity index (χ1n) is 7.04. The summed E-state index contributed by atoms with van der Waals surface area (Å²) in [5.74, 6) is 0.943. The van der Waals surface area contributed by atoms with E-state index in [1.165, 1.54) is 49.5 Å². The summed E-state index contributed by atoms with van der Waals surface area (Å²) in [5, 5.41) is 3.57. The van der Waals surface area contributed by atoms with E-state index >= 15 is 0 Å². The van der Waals surface area contributed by atoms with E-state index in [-0.39, 0.29) is 0 Å². The Balaban J connectivity index is 1.53. The zero-order valence-corrected chi connectivity index (χ0v) is 12.4. The van der Waals surface area contributed by atoms with Gasteiger partial charge in [-0.15, -0.1) is 11.3 Å². The molecule has 3 nitrogen and oxygen atoms in total. The monoisotopic (exact) mass is 267 g/mol. The third-order valence-corrected chi connectivity index (χ3v) is 4.94. The maximum atomic E-state index is 4.28. The summed E-state index contributed by atoms with van der Waals surface area (Å²) in [7, 11) is 2.23. The Hall–Kier alpha value is -0.450. The van der Waals surface area contributed by atoms with Crippen LogP contribution in [0.1, 0.15) is 29.8 Å². The van der Waals surface area contributed by atoms with Gasteiger partial charge in [0.05, 0.1) is 11.2 Å². The molecule has 0 unspecified atom stereocenters. The van der Waals surface area contributed by atoms with Crippen molar-refractivity contribution < 1.29 is 0 Å². The van der Waals surface area contributed by atoms with Crippen LogP contribution in [0.15, 0.2) is 5.51 Å². The third-order valence-electron chi connectivity index (χ3n) is 3.94. The van der Waals surface area contributed by atoms with Crippen molar-refractivity contribution in [1.29, 1.82) is 0 Å². The fourth-order valence-electron chi connectivity index (χ4n) is 2.55. The van der Waals surface area contributed by atoms with E-state index < -0.39 is 0 Å². The van der Waals surface area contributed by atoms with Crippen LogP contribution in [0.25, 0.3) is 0 Å². The highest BCUT2D eigenvalue weighted by atomic mass is 32.1. The number of piperidine rings is 1. The van der Waals surface area contributed by atoms with E-state index in [0.717, 1.165) is 18.9 Å². The lowest BCUT2D eigenvalue weighted by Crippen LogP contribution is -2.31. The minimum absolute atomic E-state index is 0.943. The van der Waals surface area contributed by atoms with Gasteiger partial charge in [-0.25, -0.2) is 4.98 Å². The van der Waals surface area contributed by atoms with Crippen LogP contribution < -0.4 is 5.32 Å². The number of aryl methyl sites for hydroxylation is 1. The third kappa shape index (κ3) is 4.34. The molecule has 1 aromatic heterocycles. The summed E-state index contributed by atoms with van der Waals surface area (Å²) in [6.45, 7) is 6.93. The van der Waals surface area contributed by atoms with Crippen LogP contribution in [-0.2, 0) is 6.42 Å². The molecule has 1 aliphatic rings. The first-order chi connectivity index (χ1) is 8.75. The molecule has 1 saturated heterocycles. The molecule has 0 radical (unpaired) electrons. The van der Waals surface area contributed by atoms with Crippen molar-refractivity contribution in [3.63, 3.8) is 0 Å². The van der Waals surface area contributed by atoms with Gasteiger partial charge in [-0.3, -0.25) is 0 Å². The smallest absolute Gasteiger partial charge is 0.0797 e. The molecule has 2 rings (SSSR count). The number of hydrogen-bond donors (Lipinski definition) is 1. The van der Waals surface area contributed by atoms with Crippen LogP contribution in [0.2, 0.25) is 0 Å². The quantitative estimate of drug-likeness (QED) is 0.802. The van der Waals surface area contributed by atoms with Crippen molar-refractivity contribution in [2.75, 3.05) is 33.2 Å². The molecule has 1 N–H and O–H groups in total. The number of thiazole rings is 1. The Bertz CT molecular complexity index is 343. The van der Waals surface area contributed by atoms with Crippen molar-refractivity contribution in [1.82, 2.24) is 15.2 Å². The van der Waals surface area contributed by atoms with Gasteiger partial charge in [0.25, 0.3) is 0 Å². The van der Waals surface area contributed by atoms with E-state index in [4.69, 9.17) is 0 Å². The van der Waals surface area contributed by atoms with Crippen LogP contribution in [0.4, 0.5) is 0 Å². The predicted octanol–water partition coefficient (Wildman–Crippen LogP) is 2.32. The van der Waals surface area contributed by atoms with Gasteiger partial charge in [0, 0.05) is 11.4 Å². The number of likely N-dealkylation sites (tertiary alicyclic amines) is 1. The molecule has 4 heteroatoms. The van der Waals surface area contributed by atoms with Crippen molar-refractivity contribution in [3.8, 4) is 0 Å². The van der Waals surface area contributed by atoms with Crippen molar-refractivity contribution in [3.05, 3.63) is 16.1 Å².